The number of aliphatic hydroxyl groups is 2. The fraction of sp³-hybridized carbons (Fsp3) is 0.852. The van der Waals surface area contributed by atoms with Crippen LogP contribution in [0.25, 0.3) is 0 Å². The summed E-state index contributed by atoms with van der Waals surface area (Å²) >= 11 is 0. The average Bonchev–Trinajstić information content (AvgIpc) is 3.05. The van der Waals surface area contributed by atoms with Crippen LogP contribution in [0.2, 0.25) is 0 Å². The Labute approximate surface area is 209 Å². The van der Waals surface area contributed by atoms with Crippen LogP contribution >= 0.6 is 0 Å². The van der Waals surface area contributed by atoms with Gasteiger partial charge in [-0.05, 0) is 73.5 Å². The summed E-state index contributed by atoms with van der Waals surface area (Å²) in [5, 5.41) is 36.4. The van der Waals surface area contributed by atoms with Gasteiger partial charge in [-0.3, -0.25) is 14.5 Å². The van der Waals surface area contributed by atoms with E-state index in [2.05, 4.69) is 24.8 Å². The topological polar surface area (TPSA) is 128 Å². The van der Waals surface area contributed by atoms with Crippen LogP contribution in [0.15, 0.2) is 11.6 Å². The zero-order chi connectivity index (χ0) is 26.0. The van der Waals surface area contributed by atoms with E-state index >= 15 is 0 Å². The highest BCUT2D eigenvalue weighted by Gasteiger charge is 2.61. The quantitative estimate of drug-likeness (QED) is 0.409. The minimum Gasteiger partial charge on any atom is -0.481 e. The smallest absolute Gasteiger partial charge is 0.300 e. The summed E-state index contributed by atoms with van der Waals surface area (Å²) in [4.78, 5) is 20.5. The number of hydrogen-bond donors (Lipinski definition) is 4. The van der Waals surface area contributed by atoms with Crippen molar-refractivity contribution in [1.82, 2.24) is 4.90 Å². The number of fused-ring (bicyclic) bond motifs is 5. The highest BCUT2D eigenvalue weighted by Crippen LogP contribution is 2.65. The molecule has 3 saturated carbocycles. The molecule has 8 nitrogen and oxygen atoms in total. The highest BCUT2D eigenvalue weighted by molar-refractivity contribution is 5.63. The molecule has 200 valence electrons. The second-order valence-electron chi connectivity index (χ2n) is 11.6. The minimum absolute atomic E-state index is 0.0695. The van der Waals surface area contributed by atoms with Gasteiger partial charge < -0.3 is 25.2 Å². The molecule has 1 aliphatic heterocycles. The maximum absolute atomic E-state index is 11.4. The van der Waals surface area contributed by atoms with Gasteiger partial charge in [0.05, 0.1) is 25.4 Å². The lowest BCUT2D eigenvalue weighted by Crippen LogP contribution is -2.52. The van der Waals surface area contributed by atoms with Crippen molar-refractivity contribution in [3.05, 3.63) is 11.6 Å². The fourth-order valence-corrected chi connectivity index (χ4v) is 7.89. The molecule has 4 aliphatic carbocycles. The lowest BCUT2D eigenvalue weighted by Gasteiger charge is -2.57. The van der Waals surface area contributed by atoms with Gasteiger partial charge in [0.15, 0.2) is 0 Å². The Morgan fingerprint density at radius 2 is 1.60 bits per heavy atom. The summed E-state index contributed by atoms with van der Waals surface area (Å²) in [7, 11) is 0. The SMILES string of the molecule is CC(=O)O.CC(=O)O.C[C@]12CC[C@H]3[C@@H](CC=C4C[C@@H](O)CC[C@@]43C)[C@@H]1C[C@H](N1CCOCC1)[C@@H]2O. The predicted octanol–water partition coefficient (Wildman–Crippen LogP) is 3.16. The summed E-state index contributed by atoms with van der Waals surface area (Å²) in [5.74, 6) is 0.396. The van der Waals surface area contributed by atoms with Crippen LogP contribution in [0.3, 0.4) is 0 Å². The second-order valence-corrected chi connectivity index (χ2v) is 11.6. The molecule has 4 fully saturated rings. The third kappa shape index (κ3) is 5.92. The maximum Gasteiger partial charge on any atom is 0.300 e. The molecule has 5 aliphatic rings. The Balaban J connectivity index is 0.000000376. The van der Waals surface area contributed by atoms with E-state index in [1.54, 1.807) is 0 Å². The molecular weight excluding hydrogens is 450 g/mol. The molecule has 1 heterocycles. The Kier molecular flexibility index (Phi) is 9.05. The van der Waals surface area contributed by atoms with Gasteiger partial charge in [0.25, 0.3) is 11.9 Å². The van der Waals surface area contributed by atoms with Crippen molar-refractivity contribution in [3.8, 4) is 0 Å². The van der Waals surface area contributed by atoms with E-state index in [4.69, 9.17) is 24.5 Å². The van der Waals surface area contributed by atoms with Crippen LogP contribution in [0.4, 0.5) is 0 Å². The van der Waals surface area contributed by atoms with Crippen molar-refractivity contribution >= 4 is 11.9 Å². The first kappa shape index (κ1) is 28.1. The Morgan fingerprint density at radius 1 is 1.00 bits per heavy atom. The number of hydrogen-bond acceptors (Lipinski definition) is 6. The molecule has 1 saturated heterocycles. The van der Waals surface area contributed by atoms with Crippen LogP contribution < -0.4 is 0 Å². The lowest BCUT2D eigenvalue weighted by atomic mass is 9.48. The van der Waals surface area contributed by atoms with Crippen LogP contribution in [0.1, 0.15) is 72.6 Å². The summed E-state index contributed by atoms with van der Waals surface area (Å²) < 4.78 is 5.55. The first-order valence-corrected chi connectivity index (χ1v) is 13.2. The van der Waals surface area contributed by atoms with Crippen molar-refractivity contribution in [2.75, 3.05) is 26.3 Å². The molecule has 5 rings (SSSR count). The first-order valence-electron chi connectivity index (χ1n) is 13.2. The summed E-state index contributed by atoms with van der Waals surface area (Å²) in [6.07, 6.45) is 9.86. The molecule has 4 N–H and O–H groups in total. The number of rotatable bonds is 1. The third-order valence-corrected chi connectivity index (χ3v) is 9.57. The van der Waals surface area contributed by atoms with Gasteiger partial charge in [0, 0.05) is 33.0 Å². The minimum atomic E-state index is -0.833. The van der Waals surface area contributed by atoms with E-state index in [-0.39, 0.29) is 23.0 Å². The largest absolute Gasteiger partial charge is 0.481 e. The van der Waals surface area contributed by atoms with Gasteiger partial charge in [-0.25, -0.2) is 0 Å². The molecule has 0 radical (unpaired) electrons. The van der Waals surface area contributed by atoms with Gasteiger partial charge in [0.1, 0.15) is 0 Å². The van der Waals surface area contributed by atoms with E-state index in [1.807, 2.05) is 0 Å². The number of allylic oxidation sites excluding steroid dienone is 1. The predicted molar refractivity (Wildman–Crippen MR) is 132 cm³/mol. The van der Waals surface area contributed by atoms with E-state index in [0.29, 0.717) is 17.9 Å². The molecule has 8 heteroatoms. The van der Waals surface area contributed by atoms with Crippen LogP contribution in [0, 0.1) is 28.6 Å². The lowest BCUT2D eigenvalue weighted by molar-refractivity contribution is -0.135. The molecule has 0 aromatic rings. The molecule has 35 heavy (non-hydrogen) atoms. The molecule has 0 aromatic heterocycles. The molecule has 0 amide bonds. The van der Waals surface area contributed by atoms with E-state index in [0.717, 1.165) is 84.6 Å². The zero-order valence-corrected chi connectivity index (χ0v) is 21.8. The number of nitrogens with zero attached hydrogens (tertiary/aromatic N) is 1. The number of aliphatic hydroxyl groups excluding tert-OH is 2. The summed E-state index contributed by atoms with van der Waals surface area (Å²) in [6.45, 7) is 10.6. The number of carboxylic acid groups (broad SMARTS) is 2. The molecule has 8 atom stereocenters. The van der Waals surface area contributed by atoms with Gasteiger partial charge in [0.2, 0.25) is 0 Å². The number of carbonyl (C=O) groups is 2. The molecule has 0 aromatic carbocycles. The van der Waals surface area contributed by atoms with Gasteiger partial charge in [-0.2, -0.15) is 0 Å². The van der Waals surface area contributed by atoms with E-state index < -0.39 is 11.9 Å². The number of aliphatic carboxylic acids is 2. The standard InChI is InChI=1S/C23H37NO3.2C2H4O2/c1-22-7-5-16(25)13-15(22)3-4-17-18(22)6-8-23(2)19(17)14-20(21(23)26)24-9-11-27-12-10-24;2*1-2(3)4/h3,16-21,25-26H,4-14H2,1-2H3;2*1H3,(H,3,4)/t16-,17+,18-,19-,20-,21-,22-,23-;;/m0../s1. The van der Waals surface area contributed by atoms with Crippen molar-refractivity contribution in [2.24, 2.45) is 28.6 Å². The van der Waals surface area contributed by atoms with Gasteiger partial charge in [-0.15, -0.1) is 0 Å². The zero-order valence-electron chi connectivity index (χ0n) is 21.8. The van der Waals surface area contributed by atoms with Crippen molar-refractivity contribution < 1.29 is 34.8 Å². The van der Waals surface area contributed by atoms with Crippen molar-refractivity contribution in [1.29, 1.82) is 0 Å². The van der Waals surface area contributed by atoms with Crippen LogP contribution in [-0.4, -0.2) is 81.8 Å². The number of morpholine rings is 1. The summed E-state index contributed by atoms with van der Waals surface area (Å²) in [6, 6.07) is 0.314. The number of ether oxygens (including phenoxy) is 1. The van der Waals surface area contributed by atoms with E-state index in [1.165, 1.54) is 12.0 Å². The normalized spacial score (nSPS) is 42.5. The van der Waals surface area contributed by atoms with Gasteiger partial charge >= 0.3 is 0 Å². The Hall–Kier alpha value is -1.48. The number of carboxylic acids is 2. The average molecular weight is 496 g/mol. The second kappa shape index (κ2) is 11.3. The van der Waals surface area contributed by atoms with E-state index in [9.17, 15) is 10.2 Å². The maximum atomic E-state index is 11.4. The first-order chi connectivity index (χ1) is 16.4. The Morgan fingerprint density at radius 3 is 2.20 bits per heavy atom. The van der Waals surface area contributed by atoms with Crippen LogP contribution in [-0.2, 0) is 14.3 Å². The highest BCUT2D eigenvalue weighted by atomic mass is 16.5. The Bertz CT molecular complexity index is 774. The monoisotopic (exact) mass is 495 g/mol. The van der Waals surface area contributed by atoms with Crippen molar-refractivity contribution in [2.45, 2.75) is 90.9 Å². The molecule has 0 spiro atoms. The molecule has 0 unspecified atom stereocenters. The molecule has 0 bridgehead atoms. The fourth-order valence-electron chi connectivity index (χ4n) is 7.89. The summed E-state index contributed by atoms with van der Waals surface area (Å²) in [5.41, 5.74) is 1.89. The van der Waals surface area contributed by atoms with Crippen LogP contribution in [0.5, 0.6) is 0 Å². The molecular formula is C27H45NO7. The van der Waals surface area contributed by atoms with Crippen molar-refractivity contribution in [3.63, 3.8) is 0 Å². The van der Waals surface area contributed by atoms with Gasteiger partial charge in [-0.1, -0.05) is 25.5 Å². The third-order valence-electron chi connectivity index (χ3n) is 9.57.